The molecule has 0 aliphatic heterocycles. The normalized spacial score (nSPS) is 14.0. The lowest BCUT2D eigenvalue weighted by Gasteiger charge is -2.26. The first-order chi connectivity index (χ1) is 3.71. The van der Waals surface area contributed by atoms with Gasteiger partial charge in [-0.05, 0) is 13.1 Å². The number of nitrogens with one attached hydrogen (secondary N) is 1. The van der Waals surface area contributed by atoms with E-state index >= 15 is 0 Å². The van der Waals surface area contributed by atoms with Gasteiger partial charge in [-0.25, -0.2) is 0 Å². The second-order valence-electron chi connectivity index (χ2n) is 3.93. The molecule has 0 rings (SSSR count). The summed E-state index contributed by atoms with van der Waals surface area (Å²) in [6, 6.07) is 0. The second-order valence-corrected chi connectivity index (χ2v) is 12.6. The third-order valence-electron chi connectivity index (χ3n) is 0.681. The molecular weight excluding hydrogens is 146 g/mol. The highest BCUT2D eigenvalue weighted by Gasteiger charge is 2.25. The van der Waals surface area contributed by atoms with E-state index in [1.165, 1.54) is 0 Å². The molecule has 0 aromatic rings. The van der Waals surface area contributed by atoms with Gasteiger partial charge < -0.3 is 9.44 Å². The average Bonchev–Trinajstić information content (AvgIpc) is 1.14. The fraction of sp³-hybridized carbons (Fsp3) is 1.00. The van der Waals surface area contributed by atoms with E-state index in [4.69, 9.17) is 0 Å². The molecule has 0 aromatic heterocycles. The minimum Gasteiger partial charge on any atom is -0.420 e. The quantitative estimate of drug-likeness (QED) is 0.598. The SMILES string of the molecule is C[Si](C)(C)N[Si](C)(C)O. The first kappa shape index (κ1) is 9.35. The van der Waals surface area contributed by atoms with Crippen molar-refractivity contribution in [2.45, 2.75) is 32.7 Å². The Morgan fingerprint density at radius 1 is 1.00 bits per heavy atom. The highest BCUT2D eigenvalue weighted by Crippen LogP contribution is 2.00. The Morgan fingerprint density at radius 3 is 1.33 bits per heavy atom. The van der Waals surface area contributed by atoms with Crippen molar-refractivity contribution in [1.29, 1.82) is 0 Å². The van der Waals surface area contributed by atoms with Crippen LogP contribution in [0.4, 0.5) is 0 Å². The van der Waals surface area contributed by atoms with Crippen molar-refractivity contribution in [2.75, 3.05) is 0 Å². The van der Waals surface area contributed by atoms with E-state index in [0.717, 1.165) is 0 Å². The lowest BCUT2D eigenvalue weighted by Crippen LogP contribution is -2.57. The first-order valence-corrected chi connectivity index (χ1v) is 9.67. The van der Waals surface area contributed by atoms with Crippen molar-refractivity contribution in [1.82, 2.24) is 4.65 Å². The van der Waals surface area contributed by atoms with Gasteiger partial charge in [0.1, 0.15) is 8.24 Å². The molecule has 0 saturated heterocycles. The van der Waals surface area contributed by atoms with Gasteiger partial charge in [0.2, 0.25) is 0 Å². The summed E-state index contributed by atoms with van der Waals surface area (Å²) in [5, 5.41) is 0. The van der Waals surface area contributed by atoms with Crippen LogP contribution in [0.3, 0.4) is 0 Å². The second kappa shape index (κ2) is 2.53. The van der Waals surface area contributed by atoms with Gasteiger partial charge in [-0.3, -0.25) is 0 Å². The zero-order valence-corrected chi connectivity index (χ0v) is 8.95. The van der Waals surface area contributed by atoms with Crippen molar-refractivity contribution < 1.29 is 4.80 Å². The molecule has 4 heteroatoms. The van der Waals surface area contributed by atoms with Gasteiger partial charge in [0.05, 0.1) is 0 Å². The summed E-state index contributed by atoms with van der Waals surface area (Å²) in [4.78, 5) is 9.42. The van der Waals surface area contributed by atoms with Crippen molar-refractivity contribution in [3.05, 3.63) is 0 Å². The summed E-state index contributed by atoms with van der Waals surface area (Å²) < 4.78 is 3.29. The van der Waals surface area contributed by atoms with Crippen molar-refractivity contribution in [3.8, 4) is 0 Å². The molecule has 0 atom stereocenters. The number of hydrogen-bond acceptors (Lipinski definition) is 2. The van der Waals surface area contributed by atoms with Gasteiger partial charge in [-0.15, -0.1) is 0 Å². The van der Waals surface area contributed by atoms with Crippen molar-refractivity contribution >= 4 is 16.7 Å². The van der Waals surface area contributed by atoms with Crippen LogP contribution in [0.15, 0.2) is 0 Å². The smallest absolute Gasteiger partial charge is 0.252 e. The zero-order chi connectivity index (χ0) is 7.71. The summed E-state index contributed by atoms with van der Waals surface area (Å²) in [6.07, 6.45) is 0. The molecule has 2 N–H and O–H groups in total. The van der Waals surface area contributed by atoms with E-state index in [-0.39, 0.29) is 0 Å². The highest BCUT2D eigenvalue weighted by atomic mass is 28.4. The minimum atomic E-state index is -1.98. The van der Waals surface area contributed by atoms with Crippen LogP contribution in [0.2, 0.25) is 32.7 Å². The monoisotopic (exact) mass is 163 g/mol. The fourth-order valence-corrected chi connectivity index (χ4v) is 8.26. The van der Waals surface area contributed by atoms with Crippen LogP contribution in [-0.4, -0.2) is 21.5 Å². The van der Waals surface area contributed by atoms with Crippen LogP contribution >= 0.6 is 0 Å². The van der Waals surface area contributed by atoms with Gasteiger partial charge >= 0.3 is 0 Å². The Labute approximate surface area is 59.6 Å². The van der Waals surface area contributed by atoms with Crippen LogP contribution in [0, 0.1) is 0 Å². The Bertz CT molecular complexity index is 80.1. The van der Waals surface area contributed by atoms with Crippen LogP contribution < -0.4 is 4.65 Å². The summed E-state index contributed by atoms with van der Waals surface area (Å²) in [5.74, 6) is 0. The van der Waals surface area contributed by atoms with Crippen LogP contribution in [0.5, 0.6) is 0 Å². The zero-order valence-electron chi connectivity index (χ0n) is 6.95. The first-order valence-electron chi connectivity index (χ1n) is 3.22. The predicted octanol–water partition coefficient (Wildman–Crippen LogP) is 1.10. The van der Waals surface area contributed by atoms with E-state index in [2.05, 4.69) is 24.3 Å². The molecule has 56 valence electrons. The van der Waals surface area contributed by atoms with E-state index in [1.807, 2.05) is 13.1 Å². The molecule has 0 spiro atoms. The van der Waals surface area contributed by atoms with Gasteiger partial charge in [0, 0.05) is 0 Å². The minimum absolute atomic E-state index is 1.23. The third kappa shape index (κ3) is 8.35. The standard InChI is InChI=1S/C5H17NOSi2/c1-8(2,3)6-9(4,5)7/h6-7H,1-5H3. The Kier molecular flexibility index (Phi) is 2.63. The van der Waals surface area contributed by atoms with Crippen LogP contribution in [-0.2, 0) is 0 Å². The summed E-state index contributed by atoms with van der Waals surface area (Å²) in [5.41, 5.74) is 0. The lowest BCUT2D eigenvalue weighted by molar-refractivity contribution is 0.543. The summed E-state index contributed by atoms with van der Waals surface area (Å²) in [7, 11) is -3.21. The highest BCUT2D eigenvalue weighted by molar-refractivity contribution is 6.87. The molecule has 9 heavy (non-hydrogen) atoms. The van der Waals surface area contributed by atoms with Gasteiger partial charge in [0.15, 0.2) is 0 Å². The molecule has 0 aliphatic carbocycles. The third-order valence-corrected chi connectivity index (χ3v) is 6.13. The Morgan fingerprint density at radius 2 is 1.33 bits per heavy atom. The molecule has 0 aromatic carbocycles. The molecule has 0 aliphatic rings. The van der Waals surface area contributed by atoms with Crippen LogP contribution in [0.25, 0.3) is 0 Å². The summed E-state index contributed by atoms with van der Waals surface area (Å²) in [6.45, 7) is 10.4. The topological polar surface area (TPSA) is 32.3 Å². The van der Waals surface area contributed by atoms with Crippen molar-refractivity contribution in [3.63, 3.8) is 0 Å². The lowest BCUT2D eigenvalue weighted by atomic mass is 11.8. The largest absolute Gasteiger partial charge is 0.420 e. The summed E-state index contributed by atoms with van der Waals surface area (Å²) >= 11 is 0. The van der Waals surface area contributed by atoms with Crippen LogP contribution in [0.1, 0.15) is 0 Å². The molecular formula is C5H17NOSi2. The molecule has 0 fully saturated rings. The predicted molar refractivity (Wildman–Crippen MR) is 46.2 cm³/mol. The maximum atomic E-state index is 9.42. The molecule has 0 bridgehead atoms. The van der Waals surface area contributed by atoms with E-state index in [9.17, 15) is 4.80 Å². The molecule has 0 saturated carbocycles. The van der Waals surface area contributed by atoms with Gasteiger partial charge in [-0.2, -0.15) is 0 Å². The fourth-order valence-electron chi connectivity index (χ4n) is 0.918. The molecule has 0 amide bonds. The van der Waals surface area contributed by atoms with Gasteiger partial charge in [-0.1, -0.05) is 19.6 Å². The van der Waals surface area contributed by atoms with E-state index in [1.54, 1.807) is 0 Å². The molecule has 2 nitrogen and oxygen atoms in total. The van der Waals surface area contributed by atoms with E-state index < -0.39 is 16.7 Å². The Balaban J connectivity index is 3.75. The number of rotatable bonds is 2. The maximum absolute atomic E-state index is 9.42. The number of hydrogen-bond donors (Lipinski definition) is 2. The van der Waals surface area contributed by atoms with Crippen molar-refractivity contribution in [2.24, 2.45) is 0 Å². The molecule has 0 heterocycles. The molecule has 0 unspecified atom stereocenters. The van der Waals surface area contributed by atoms with Gasteiger partial charge in [0.25, 0.3) is 8.48 Å². The molecule has 0 radical (unpaired) electrons. The maximum Gasteiger partial charge on any atom is 0.252 e. The Hall–Kier alpha value is 0.354. The van der Waals surface area contributed by atoms with E-state index in [0.29, 0.717) is 0 Å². The average molecular weight is 163 g/mol.